The number of hydrogen-bond donors (Lipinski definition) is 2. The summed E-state index contributed by atoms with van der Waals surface area (Å²) in [5.74, 6) is 0.0674. The van der Waals surface area contributed by atoms with Crippen molar-refractivity contribution >= 4 is 29.1 Å². The van der Waals surface area contributed by atoms with Crippen molar-refractivity contribution in [2.24, 2.45) is 17.0 Å². The monoisotopic (exact) mass is 418 g/mol. The highest BCUT2D eigenvalue weighted by Gasteiger charge is 2.37. The van der Waals surface area contributed by atoms with Crippen LogP contribution in [-0.4, -0.2) is 55.2 Å². The Morgan fingerprint density at radius 2 is 2.20 bits per heavy atom. The lowest BCUT2D eigenvalue weighted by Crippen LogP contribution is -2.45. The van der Waals surface area contributed by atoms with E-state index in [0.717, 1.165) is 37.9 Å². The molecule has 2 saturated heterocycles. The summed E-state index contributed by atoms with van der Waals surface area (Å²) in [5, 5.41) is 15.4. The molecule has 0 bridgehead atoms. The Bertz CT molecular complexity index is 861. The van der Waals surface area contributed by atoms with Gasteiger partial charge in [0.05, 0.1) is 30.2 Å². The number of ether oxygens (including phenoxy) is 1. The second-order valence-corrected chi connectivity index (χ2v) is 8.27. The van der Waals surface area contributed by atoms with E-state index in [2.05, 4.69) is 10.5 Å². The molecule has 30 heavy (non-hydrogen) atoms. The highest BCUT2D eigenvalue weighted by atomic mass is 19.1. The van der Waals surface area contributed by atoms with Gasteiger partial charge in [0.15, 0.2) is 0 Å². The van der Waals surface area contributed by atoms with Gasteiger partial charge in [-0.3, -0.25) is 9.69 Å². The first kappa shape index (κ1) is 20.4. The lowest BCUT2D eigenvalue weighted by molar-refractivity contribution is -0.119. The predicted molar refractivity (Wildman–Crippen MR) is 110 cm³/mol. The van der Waals surface area contributed by atoms with Crippen LogP contribution in [0.25, 0.3) is 0 Å². The summed E-state index contributed by atoms with van der Waals surface area (Å²) in [6.07, 6.45) is 2.72. The summed E-state index contributed by atoms with van der Waals surface area (Å²) >= 11 is 0. The quantitative estimate of drug-likeness (QED) is 0.579. The molecule has 0 spiro atoms. The van der Waals surface area contributed by atoms with Crippen LogP contribution in [0, 0.1) is 17.7 Å². The van der Waals surface area contributed by atoms with Crippen molar-refractivity contribution in [1.29, 1.82) is 0 Å². The van der Waals surface area contributed by atoms with Gasteiger partial charge < -0.3 is 20.2 Å². The average molecular weight is 418 g/mol. The Morgan fingerprint density at radius 3 is 2.93 bits per heavy atom. The highest BCUT2D eigenvalue weighted by Crippen LogP contribution is 2.37. The number of hydrogen-bond acceptors (Lipinski definition) is 6. The maximum absolute atomic E-state index is 15.0. The standard InChI is InChI=1S/C21H27FN4O4/c1-13(27)23-10-16-12-26(21(28)30-16)15-5-6-20(18(22)9-15)25-8-7-17-14(11-25)3-2-4-19(17)24-29/h5-6,9,14,16-17,29H,2-4,7-8,10-12H2,1H3,(H,23,27)/b24-19+. The number of cyclic esters (lactones) is 1. The Balaban J connectivity index is 1.44. The molecule has 8 nitrogen and oxygen atoms in total. The Hall–Kier alpha value is -2.84. The number of amides is 2. The minimum atomic E-state index is -0.545. The van der Waals surface area contributed by atoms with E-state index >= 15 is 0 Å². The van der Waals surface area contributed by atoms with Gasteiger partial charge in [-0.15, -0.1) is 0 Å². The van der Waals surface area contributed by atoms with Crippen molar-refractivity contribution in [2.45, 2.75) is 38.7 Å². The van der Waals surface area contributed by atoms with Crippen LogP contribution in [0.15, 0.2) is 23.4 Å². The van der Waals surface area contributed by atoms with E-state index < -0.39 is 12.2 Å². The molecule has 3 atom stereocenters. The molecule has 2 amide bonds. The maximum atomic E-state index is 15.0. The zero-order valence-electron chi connectivity index (χ0n) is 17.0. The SMILES string of the molecule is CC(=O)NCC1CN(c2ccc(N3CCC4/C(=N/O)CCCC4C3)c(F)c2)C(=O)O1. The summed E-state index contributed by atoms with van der Waals surface area (Å²) in [4.78, 5) is 26.7. The van der Waals surface area contributed by atoms with Gasteiger partial charge in [-0.25, -0.2) is 9.18 Å². The molecule has 2 N–H and O–H groups in total. The summed E-state index contributed by atoms with van der Waals surface area (Å²) in [6.45, 7) is 3.31. The fourth-order valence-corrected chi connectivity index (χ4v) is 4.85. The molecule has 0 radical (unpaired) electrons. The predicted octanol–water partition coefficient (Wildman–Crippen LogP) is 2.74. The van der Waals surface area contributed by atoms with Crippen molar-refractivity contribution in [3.8, 4) is 0 Å². The van der Waals surface area contributed by atoms with Gasteiger partial charge in [0.25, 0.3) is 0 Å². The van der Waals surface area contributed by atoms with Crippen LogP contribution < -0.4 is 15.1 Å². The van der Waals surface area contributed by atoms with Gasteiger partial charge in [-0.05, 0) is 49.8 Å². The van der Waals surface area contributed by atoms with E-state index in [0.29, 0.717) is 23.8 Å². The first-order valence-electron chi connectivity index (χ1n) is 10.4. The molecule has 1 aromatic rings. The molecule has 1 saturated carbocycles. The summed E-state index contributed by atoms with van der Waals surface area (Å²) < 4.78 is 20.2. The summed E-state index contributed by atoms with van der Waals surface area (Å²) in [5.41, 5.74) is 1.84. The summed E-state index contributed by atoms with van der Waals surface area (Å²) in [6, 6.07) is 4.81. The third-order valence-electron chi connectivity index (χ3n) is 6.33. The van der Waals surface area contributed by atoms with Crippen molar-refractivity contribution in [3.63, 3.8) is 0 Å². The molecule has 9 heteroatoms. The van der Waals surface area contributed by atoms with Crippen LogP contribution in [0.4, 0.5) is 20.6 Å². The van der Waals surface area contributed by atoms with Gasteiger partial charge in [0.2, 0.25) is 5.91 Å². The number of carbonyl (C=O) groups excluding carboxylic acids is 2. The van der Waals surface area contributed by atoms with E-state index in [-0.39, 0.29) is 30.7 Å². The third kappa shape index (κ3) is 4.06. The molecule has 2 aliphatic heterocycles. The van der Waals surface area contributed by atoms with Crippen LogP contribution >= 0.6 is 0 Å². The lowest BCUT2D eigenvalue weighted by Gasteiger charge is -2.42. The number of oxime groups is 1. The molecule has 3 aliphatic rings. The number of nitrogens with one attached hydrogen (secondary N) is 1. The molecule has 2 heterocycles. The number of fused-ring (bicyclic) bond motifs is 1. The smallest absolute Gasteiger partial charge is 0.414 e. The third-order valence-corrected chi connectivity index (χ3v) is 6.33. The maximum Gasteiger partial charge on any atom is 0.414 e. The largest absolute Gasteiger partial charge is 0.442 e. The van der Waals surface area contributed by atoms with E-state index in [9.17, 15) is 19.2 Å². The second kappa shape index (κ2) is 8.49. The van der Waals surface area contributed by atoms with E-state index in [1.54, 1.807) is 12.1 Å². The zero-order valence-corrected chi connectivity index (χ0v) is 17.0. The summed E-state index contributed by atoms with van der Waals surface area (Å²) in [7, 11) is 0. The number of nitrogens with zero attached hydrogens (tertiary/aromatic N) is 3. The van der Waals surface area contributed by atoms with Gasteiger partial charge >= 0.3 is 6.09 Å². The molecule has 3 fully saturated rings. The number of benzene rings is 1. The van der Waals surface area contributed by atoms with Crippen molar-refractivity contribution in [2.75, 3.05) is 36.0 Å². The number of halogens is 1. The number of anilines is 2. The molecule has 0 aromatic heterocycles. The van der Waals surface area contributed by atoms with Crippen molar-refractivity contribution in [1.82, 2.24) is 5.32 Å². The molecule has 4 rings (SSSR count). The van der Waals surface area contributed by atoms with Crippen LogP contribution in [0.2, 0.25) is 0 Å². The Labute approximate surface area is 174 Å². The number of piperidine rings is 1. The minimum absolute atomic E-state index is 0.195. The fraction of sp³-hybridized carbons (Fsp3) is 0.571. The normalized spacial score (nSPS) is 27.7. The molecule has 1 aromatic carbocycles. The zero-order chi connectivity index (χ0) is 21.3. The van der Waals surface area contributed by atoms with Crippen LogP contribution in [0.3, 0.4) is 0 Å². The highest BCUT2D eigenvalue weighted by molar-refractivity contribution is 5.90. The Kier molecular flexibility index (Phi) is 5.78. The molecule has 3 unspecified atom stereocenters. The van der Waals surface area contributed by atoms with E-state index in [1.165, 1.54) is 17.9 Å². The van der Waals surface area contributed by atoms with Crippen LogP contribution in [0.5, 0.6) is 0 Å². The minimum Gasteiger partial charge on any atom is -0.442 e. The van der Waals surface area contributed by atoms with E-state index in [1.807, 2.05) is 4.90 Å². The number of rotatable bonds is 4. The van der Waals surface area contributed by atoms with Gasteiger partial charge in [0.1, 0.15) is 11.9 Å². The fourth-order valence-electron chi connectivity index (χ4n) is 4.85. The van der Waals surface area contributed by atoms with Gasteiger partial charge in [-0.1, -0.05) is 5.16 Å². The van der Waals surface area contributed by atoms with Crippen LogP contribution in [-0.2, 0) is 9.53 Å². The Morgan fingerprint density at radius 1 is 1.37 bits per heavy atom. The first-order chi connectivity index (χ1) is 14.5. The lowest BCUT2D eigenvalue weighted by atomic mass is 9.73. The second-order valence-electron chi connectivity index (χ2n) is 8.27. The molecular formula is C21H27FN4O4. The molecule has 1 aliphatic carbocycles. The first-order valence-corrected chi connectivity index (χ1v) is 10.4. The van der Waals surface area contributed by atoms with Gasteiger partial charge in [-0.2, -0.15) is 0 Å². The van der Waals surface area contributed by atoms with E-state index in [4.69, 9.17) is 4.74 Å². The topological polar surface area (TPSA) is 94.5 Å². The number of carbonyl (C=O) groups is 2. The van der Waals surface area contributed by atoms with Gasteiger partial charge in [0, 0.05) is 25.9 Å². The van der Waals surface area contributed by atoms with Crippen molar-refractivity contribution < 1.29 is 23.9 Å². The molecular weight excluding hydrogens is 391 g/mol. The van der Waals surface area contributed by atoms with Crippen LogP contribution in [0.1, 0.15) is 32.6 Å². The molecule has 162 valence electrons. The van der Waals surface area contributed by atoms with Crippen molar-refractivity contribution in [3.05, 3.63) is 24.0 Å². The average Bonchev–Trinajstić information content (AvgIpc) is 3.12.